The number of aryl methyl sites for hydroxylation is 2. The smallest absolute Gasteiger partial charge is 0.243 e. The standard InChI is InChI=1S/C17H24N2O4S2/c1-12-4-5-13(2)15(8-12)18-16(20)9-19(3)17(21)10-24-14-6-7-25(22,23)11-14/h4-5,8,14H,6-7,9-11H2,1-3H3,(H,18,20)/t14-/m0/s1. The molecule has 0 spiro atoms. The van der Waals surface area contributed by atoms with Gasteiger partial charge in [0.15, 0.2) is 9.84 Å². The minimum Gasteiger partial charge on any atom is -0.336 e. The summed E-state index contributed by atoms with van der Waals surface area (Å²) in [5.41, 5.74) is 2.76. The first-order valence-corrected chi connectivity index (χ1v) is 11.0. The second-order valence-electron chi connectivity index (χ2n) is 6.45. The Hall–Kier alpha value is -1.54. The molecule has 25 heavy (non-hydrogen) atoms. The number of benzene rings is 1. The average molecular weight is 385 g/mol. The van der Waals surface area contributed by atoms with Crippen LogP contribution in [0, 0.1) is 13.8 Å². The number of anilines is 1. The van der Waals surface area contributed by atoms with Gasteiger partial charge in [0.1, 0.15) is 0 Å². The highest BCUT2D eigenvalue weighted by molar-refractivity contribution is 8.02. The van der Waals surface area contributed by atoms with Crippen molar-refractivity contribution in [3.05, 3.63) is 29.3 Å². The third-order valence-corrected chi connectivity index (χ3v) is 7.37. The molecular formula is C17H24N2O4S2. The van der Waals surface area contributed by atoms with Crippen molar-refractivity contribution < 1.29 is 18.0 Å². The molecule has 1 heterocycles. The van der Waals surface area contributed by atoms with Gasteiger partial charge in [-0.25, -0.2) is 8.42 Å². The van der Waals surface area contributed by atoms with Gasteiger partial charge in [-0.1, -0.05) is 12.1 Å². The minimum absolute atomic E-state index is 0.0221. The minimum atomic E-state index is -2.93. The molecule has 1 aliphatic rings. The van der Waals surface area contributed by atoms with Crippen LogP contribution in [-0.2, 0) is 19.4 Å². The topological polar surface area (TPSA) is 83.6 Å². The molecule has 1 aliphatic heterocycles. The third-order valence-electron chi connectivity index (χ3n) is 4.11. The van der Waals surface area contributed by atoms with E-state index in [9.17, 15) is 18.0 Å². The Balaban J connectivity index is 1.80. The van der Waals surface area contributed by atoms with Gasteiger partial charge in [-0.05, 0) is 37.5 Å². The summed E-state index contributed by atoms with van der Waals surface area (Å²) in [5.74, 6) is 0.103. The predicted octanol–water partition coefficient (Wildman–Crippen LogP) is 1.62. The summed E-state index contributed by atoms with van der Waals surface area (Å²) in [6.07, 6.45) is 0.594. The van der Waals surface area contributed by atoms with Crippen molar-refractivity contribution in [2.45, 2.75) is 25.5 Å². The SMILES string of the molecule is Cc1ccc(C)c(NC(=O)CN(C)C(=O)CS[C@H]2CCS(=O)(=O)C2)c1. The third kappa shape index (κ3) is 6.04. The van der Waals surface area contributed by atoms with Crippen molar-refractivity contribution in [1.29, 1.82) is 0 Å². The number of nitrogens with one attached hydrogen (secondary N) is 1. The second-order valence-corrected chi connectivity index (χ2v) is 9.97. The zero-order chi connectivity index (χ0) is 18.6. The van der Waals surface area contributed by atoms with Crippen molar-refractivity contribution >= 4 is 39.1 Å². The Bertz CT molecular complexity index is 762. The van der Waals surface area contributed by atoms with E-state index >= 15 is 0 Å². The van der Waals surface area contributed by atoms with E-state index in [2.05, 4.69) is 5.32 Å². The van der Waals surface area contributed by atoms with E-state index in [1.165, 1.54) is 16.7 Å². The first kappa shape index (κ1) is 19.8. The molecule has 1 N–H and O–H groups in total. The van der Waals surface area contributed by atoms with E-state index in [0.29, 0.717) is 6.42 Å². The maximum atomic E-state index is 12.1. The van der Waals surface area contributed by atoms with Gasteiger partial charge in [-0.15, -0.1) is 11.8 Å². The first-order valence-electron chi connectivity index (χ1n) is 8.09. The van der Waals surface area contributed by atoms with Gasteiger partial charge in [0.25, 0.3) is 0 Å². The van der Waals surface area contributed by atoms with E-state index in [-0.39, 0.29) is 40.9 Å². The van der Waals surface area contributed by atoms with Gasteiger partial charge >= 0.3 is 0 Å². The van der Waals surface area contributed by atoms with Crippen molar-refractivity contribution in [3.8, 4) is 0 Å². The molecule has 1 aromatic carbocycles. The Morgan fingerprint density at radius 3 is 2.68 bits per heavy atom. The number of carbonyl (C=O) groups is 2. The zero-order valence-electron chi connectivity index (χ0n) is 14.7. The lowest BCUT2D eigenvalue weighted by Crippen LogP contribution is -2.36. The first-order chi connectivity index (χ1) is 11.7. The summed E-state index contributed by atoms with van der Waals surface area (Å²) in [6, 6.07) is 5.80. The summed E-state index contributed by atoms with van der Waals surface area (Å²) < 4.78 is 22.9. The lowest BCUT2D eigenvalue weighted by atomic mass is 10.1. The molecule has 8 heteroatoms. The van der Waals surface area contributed by atoms with Crippen LogP contribution in [0.4, 0.5) is 5.69 Å². The fraction of sp³-hybridized carbons (Fsp3) is 0.529. The fourth-order valence-corrected chi connectivity index (χ4v) is 6.14. The Labute approximate surface area is 153 Å². The Morgan fingerprint density at radius 2 is 2.04 bits per heavy atom. The van der Waals surface area contributed by atoms with E-state index in [4.69, 9.17) is 0 Å². The molecule has 0 saturated carbocycles. The van der Waals surface area contributed by atoms with Crippen LogP contribution in [0.5, 0.6) is 0 Å². The lowest BCUT2D eigenvalue weighted by Gasteiger charge is -2.18. The van der Waals surface area contributed by atoms with Gasteiger partial charge in [-0.3, -0.25) is 9.59 Å². The molecule has 0 aliphatic carbocycles. The van der Waals surface area contributed by atoms with Gasteiger partial charge in [0.2, 0.25) is 11.8 Å². The summed E-state index contributed by atoms with van der Waals surface area (Å²) in [7, 11) is -1.35. The molecule has 6 nitrogen and oxygen atoms in total. The maximum absolute atomic E-state index is 12.1. The number of carbonyl (C=O) groups excluding carboxylic acids is 2. The second kappa shape index (κ2) is 8.23. The number of nitrogens with zero attached hydrogens (tertiary/aromatic N) is 1. The number of likely N-dealkylation sites (N-methyl/N-ethyl adjacent to an activating group) is 1. The Morgan fingerprint density at radius 1 is 1.32 bits per heavy atom. The summed E-state index contributed by atoms with van der Waals surface area (Å²) >= 11 is 1.36. The molecule has 138 valence electrons. The van der Waals surface area contributed by atoms with Crippen LogP contribution in [0.3, 0.4) is 0 Å². The summed E-state index contributed by atoms with van der Waals surface area (Å²) in [6.45, 7) is 3.83. The van der Waals surface area contributed by atoms with Gasteiger partial charge in [0, 0.05) is 18.0 Å². The monoisotopic (exact) mass is 384 g/mol. The van der Waals surface area contributed by atoms with Crippen LogP contribution in [0.25, 0.3) is 0 Å². The van der Waals surface area contributed by atoms with E-state index in [1.807, 2.05) is 32.0 Å². The van der Waals surface area contributed by atoms with E-state index < -0.39 is 9.84 Å². The molecule has 1 fully saturated rings. The van der Waals surface area contributed by atoms with Crippen molar-refractivity contribution in [1.82, 2.24) is 4.90 Å². The molecule has 2 amide bonds. The predicted molar refractivity (Wildman–Crippen MR) is 102 cm³/mol. The highest BCUT2D eigenvalue weighted by Gasteiger charge is 2.29. The van der Waals surface area contributed by atoms with Crippen molar-refractivity contribution in [2.24, 2.45) is 0 Å². The van der Waals surface area contributed by atoms with Crippen LogP contribution in [0.2, 0.25) is 0 Å². The van der Waals surface area contributed by atoms with E-state index in [0.717, 1.165) is 16.8 Å². The van der Waals surface area contributed by atoms with E-state index in [1.54, 1.807) is 7.05 Å². The largest absolute Gasteiger partial charge is 0.336 e. The number of hydrogen-bond donors (Lipinski definition) is 1. The molecule has 0 radical (unpaired) electrons. The molecule has 1 atom stereocenters. The highest BCUT2D eigenvalue weighted by atomic mass is 32.2. The van der Waals surface area contributed by atoms with Crippen LogP contribution >= 0.6 is 11.8 Å². The number of rotatable bonds is 6. The van der Waals surface area contributed by atoms with Gasteiger partial charge in [-0.2, -0.15) is 0 Å². The van der Waals surface area contributed by atoms with Crippen LogP contribution in [0.15, 0.2) is 18.2 Å². The van der Waals surface area contributed by atoms with Crippen molar-refractivity contribution in [3.63, 3.8) is 0 Å². The van der Waals surface area contributed by atoms with Gasteiger partial charge < -0.3 is 10.2 Å². The van der Waals surface area contributed by atoms with Crippen LogP contribution in [-0.4, -0.2) is 61.2 Å². The number of hydrogen-bond acceptors (Lipinski definition) is 5. The molecule has 0 bridgehead atoms. The average Bonchev–Trinajstić information content (AvgIpc) is 2.87. The maximum Gasteiger partial charge on any atom is 0.243 e. The molecule has 2 rings (SSSR count). The zero-order valence-corrected chi connectivity index (χ0v) is 16.4. The Kier molecular flexibility index (Phi) is 6.51. The number of sulfone groups is 1. The van der Waals surface area contributed by atoms with Crippen molar-refractivity contribution in [2.75, 3.05) is 36.2 Å². The lowest BCUT2D eigenvalue weighted by molar-refractivity contribution is -0.131. The molecular weight excluding hydrogens is 360 g/mol. The fourth-order valence-electron chi connectivity index (χ4n) is 2.56. The summed E-state index contributed by atoms with van der Waals surface area (Å²) in [5, 5.41) is 2.80. The van der Waals surface area contributed by atoms with Crippen LogP contribution < -0.4 is 5.32 Å². The molecule has 1 saturated heterocycles. The highest BCUT2D eigenvalue weighted by Crippen LogP contribution is 2.24. The molecule has 0 unspecified atom stereocenters. The van der Waals surface area contributed by atoms with Crippen LogP contribution in [0.1, 0.15) is 17.5 Å². The number of amides is 2. The molecule has 1 aromatic rings. The normalized spacial score (nSPS) is 18.8. The molecule has 0 aromatic heterocycles. The summed E-state index contributed by atoms with van der Waals surface area (Å²) in [4.78, 5) is 25.7. The number of thioether (sulfide) groups is 1. The quantitative estimate of drug-likeness (QED) is 0.806. The van der Waals surface area contributed by atoms with Gasteiger partial charge in [0.05, 0.1) is 23.8 Å².